The molecule has 1 atom stereocenters. The maximum atomic E-state index is 11.7. The van der Waals surface area contributed by atoms with Crippen LogP contribution < -0.4 is 5.32 Å². The summed E-state index contributed by atoms with van der Waals surface area (Å²) in [7, 11) is 0. The molecule has 1 aromatic rings. The van der Waals surface area contributed by atoms with Crippen LogP contribution in [0.4, 0.5) is 0 Å². The van der Waals surface area contributed by atoms with Gasteiger partial charge in [0.2, 0.25) is 0 Å². The van der Waals surface area contributed by atoms with E-state index in [9.17, 15) is 9.90 Å². The molecule has 2 heterocycles. The van der Waals surface area contributed by atoms with Crippen molar-refractivity contribution in [2.24, 2.45) is 0 Å². The fourth-order valence-electron chi connectivity index (χ4n) is 2.56. The summed E-state index contributed by atoms with van der Waals surface area (Å²) in [5.41, 5.74) is 0.759. The molecule has 7 heteroatoms. The molecule has 2 N–H and O–H groups in total. The van der Waals surface area contributed by atoms with Crippen LogP contribution in [0, 0.1) is 6.92 Å². The first-order chi connectivity index (χ1) is 9.72. The molecule has 112 valence electrons. The lowest BCUT2D eigenvalue weighted by Crippen LogP contribution is -2.33. The lowest BCUT2D eigenvalue weighted by molar-refractivity contribution is 0.0942. The molecule has 2 rings (SSSR count). The number of carbonyl (C=O) groups is 1. The Morgan fingerprint density at radius 2 is 2.35 bits per heavy atom. The number of aliphatic hydroxyl groups excluding tert-OH is 1. The normalized spacial score (nSPS) is 19.4. The molecule has 0 aliphatic carbocycles. The first-order valence-electron chi connectivity index (χ1n) is 7.14. The second kappa shape index (κ2) is 7.35. The van der Waals surface area contributed by atoms with Crippen LogP contribution in [0.15, 0.2) is 4.63 Å². The third kappa shape index (κ3) is 3.77. The third-order valence-electron chi connectivity index (χ3n) is 3.74. The quantitative estimate of drug-likeness (QED) is 0.701. The van der Waals surface area contributed by atoms with Crippen molar-refractivity contribution in [3.8, 4) is 0 Å². The lowest BCUT2D eigenvalue weighted by atomic mass is 10.2. The Hall–Kier alpha value is -1.47. The van der Waals surface area contributed by atoms with E-state index < -0.39 is 0 Å². The Balaban J connectivity index is 1.60. The van der Waals surface area contributed by atoms with Gasteiger partial charge in [0.1, 0.15) is 5.69 Å². The molecule has 0 saturated carbocycles. The first-order valence-corrected chi connectivity index (χ1v) is 7.14. The molecule has 1 amide bonds. The number of nitrogens with one attached hydrogen (secondary N) is 1. The van der Waals surface area contributed by atoms with Gasteiger partial charge in [0.25, 0.3) is 5.91 Å². The Kier molecular flexibility index (Phi) is 5.49. The molecule has 0 aromatic carbocycles. The minimum Gasteiger partial charge on any atom is -0.395 e. The number of unbranched alkanes of at least 4 members (excludes halogenated alkanes) is 1. The SMILES string of the molecule is Cc1nonc1C(=O)NCCCCN1CCCC1CO. The summed E-state index contributed by atoms with van der Waals surface area (Å²) in [4.78, 5) is 14.1. The highest BCUT2D eigenvalue weighted by Gasteiger charge is 2.22. The van der Waals surface area contributed by atoms with Crippen molar-refractivity contribution in [1.29, 1.82) is 0 Å². The molecule has 1 aliphatic rings. The maximum absolute atomic E-state index is 11.7. The van der Waals surface area contributed by atoms with Gasteiger partial charge in [-0.05, 0) is 50.9 Å². The average Bonchev–Trinajstić information content (AvgIpc) is 3.06. The number of aliphatic hydroxyl groups is 1. The molecule has 1 unspecified atom stereocenters. The summed E-state index contributed by atoms with van der Waals surface area (Å²) in [6.07, 6.45) is 4.17. The van der Waals surface area contributed by atoms with Gasteiger partial charge in [-0.2, -0.15) is 0 Å². The smallest absolute Gasteiger partial charge is 0.275 e. The Labute approximate surface area is 118 Å². The predicted molar refractivity (Wildman–Crippen MR) is 72.3 cm³/mol. The van der Waals surface area contributed by atoms with Crippen molar-refractivity contribution < 1.29 is 14.5 Å². The van der Waals surface area contributed by atoms with E-state index in [1.54, 1.807) is 6.92 Å². The summed E-state index contributed by atoms with van der Waals surface area (Å²) in [6, 6.07) is 0.327. The van der Waals surface area contributed by atoms with Crippen LogP contribution in [0.2, 0.25) is 0 Å². The number of likely N-dealkylation sites (tertiary alicyclic amines) is 1. The standard InChI is InChI=1S/C13H22N4O3/c1-10-12(16-20-15-10)13(19)14-6-2-3-7-17-8-4-5-11(17)9-18/h11,18H,2-9H2,1H3,(H,14,19). The fourth-order valence-corrected chi connectivity index (χ4v) is 2.56. The second-order valence-corrected chi connectivity index (χ2v) is 5.18. The number of aromatic nitrogens is 2. The van der Waals surface area contributed by atoms with Crippen molar-refractivity contribution >= 4 is 5.91 Å². The van der Waals surface area contributed by atoms with Crippen molar-refractivity contribution in [2.45, 2.75) is 38.6 Å². The van der Waals surface area contributed by atoms with E-state index in [0.717, 1.165) is 32.4 Å². The van der Waals surface area contributed by atoms with Gasteiger partial charge in [-0.3, -0.25) is 9.69 Å². The highest BCUT2D eigenvalue weighted by molar-refractivity contribution is 5.92. The number of nitrogens with zero attached hydrogens (tertiary/aromatic N) is 3. The summed E-state index contributed by atoms with van der Waals surface area (Å²) in [6.45, 7) is 4.60. The molecule has 1 aromatic heterocycles. The van der Waals surface area contributed by atoms with Crippen molar-refractivity contribution in [2.75, 3.05) is 26.2 Å². The molecule has 20 heavy (non-hydrogen) atoms. The maximum Gasteiger partial charge on any atom is 0.275 e. The molecular formula is C13H22N4O3. The van der Waals surface area contributed by atoms with E-state index in [1.165, 1.54) is 6.42 Å². The van der Waals surface area contributed by atoms with Gasteiger partial charge in [0.15, 0.2) is 5.69 Å². The topological polar surface area (TPSA) is 91.5 Å². The molecule has 0 bridgehead atoms. The zero-order valence-electron chi connectivity index (χ0n) is 11.8. The number of rotatable bonds is 7. The van der Waals surface area contributed by atoms with Crippen LogP contribution in [-0.2, 0) is 0 Å². The predicted octanol–water partition coefficient (Wildman–Crippen LogP) is 0.345. The molecule has 7 nitrogen and oxygen atoms in total. The van der Waals surface area contributed by atoms with Crippen molar-refractivity contribution in [1.82, 2.24) is 20.5 Å². The minimum absolute atomic E-state index is 0.238. The molecular weight excluding hydrogens is 260 g/mol. The molecule has 1 fully saturated rings. The van der Waals surface area contributed by atoms with Crippen LogP contribution >= 0.6 is 0 Å². The Morgan fingerprint density at radius 1 is 1.50 bits per heavy atom. The van der Waals surface area contributed by atoms with E-state index in [-0.39, 0.29) is 18.2 Å². The fraction of sp³-hybridized carbons (Fsp3) is 0.769. The van der Waals surface area contributed by atoms with Gasteiger partial charge in [-0.25, -0.2) is 4.63 Å². The van der Waals surface area contributed by atoms with Gasteiger partial charge >= 0.3 is 0 Å². The van der Waals surface area contributed by atoms with E-state index in [0.29, 0.717) is 18.3 Å². The van der Waals surface area contributed by atoms with Crippen LogP contribution in [0.3, 0.4) is 0 Å². The Bertz CT molecular complexity index is 435. The van der Waals surface area contributed by atoms with Crippen LogP contribution in [-0.4, -0.2) is 58.5 Å². The van der Waals surface area contributed by atoms with Gasteiger partial charge in [0, 0.05) is 12.6 Å². The lowest BCUT2D eigenvalue weighted by Gasteiger charge is -2.22. The van der Waals surface area contributed by atoms with Gasteiger partial charge in [-0.1, -0.05) is 5.16 Å². The number of amides is 1. The van der Waals surface area contributed by atoms with Crippen LogP contribution in [0.5, 0.6) is 0 Å². The molecule has 1 saturated heterocycles. The summed E-state index contributed by atoms with van der Waals surface area (Å²) in [5, 5.41) is 19.2. The number of aryl methyl sites for hydroxylation is 1. The summed E-state index contributed by atoms with van der Waals surface area (Å²) in [5.74, 6) is -0.238. The highest BCUT2D eigenvalue weighted by atomic mass is 16.6. The average molecular weight is 282 g/mol. The zero-order valence-corrected chi connectivity index (χ0v) is 11.8. The largest absolute Gasteiger partial charge is 0.395 e. The monoisotopic (exact) mass is 282 g/mol. The van der Waals surface area contributed by atoms with E-state index in [2.05, 4.69) is 25.2 Å². The van der Waals surface area contributed by atoms with Gasteiger partial charge < -0.3 is 10.4 Å². The zero-order chi connectivity index (χ0) is 14.4. The highest BCUT2D eigenvalue weighted by Crippen LogP contribution is 2.16. The number of hydrogen-bond acceptors (Lipinski definition) is 6. The van der Waals surface area contributed by atoms with Crippen LogP contribution in [0.25, 0.3) is 0 Å². The summed E-state index contributed by atoms with van der Waals surface area (Å²) >= 11 is 0. The van der Waals surface area contributed by atoms with E-state index in [1.807, 2.05) is 0 Å². The van der Waals surface area contributed by atoms with Crippen LogP contribution in [0.1, 0.15) is 41.9 Å². The van der Waals surface area contributed by atoms with Gasteiger partial charge in [0.05, 0.1) is 6.61 Å². The Morgan fingerprint density at radius 3 is 3.05 bits per heavy atom. The van der Waals surface area contributed by atoms with Gasteiger partial charge in [-0.15, -0.1) is 0 Å². The van der Waals surface area contributed by atoms with E-state index in [4.69, 9.17) is 0 Å². The van der Waals surface area contributed by atoms with E-state index >= 15 is 0 Å². The third-order valence-corrected chi connectivity index (χ3v) is 3.74. The summed E-state index contributed by atoms with van der Waals surface area (Å²) < 4.78 is 4.49. The number of hydrogen-bond donors (Lipinski definition) is 2. The molecule has 1 aliphatic heterocycles. The molecule has 0 spiro atoms. The first kappa shape index (κ1) is 14.9. The second-order valence-electron chi connectivity index (χ2n) is 5.18. The molecule has 0 radical (unpaired) electrons. The van der Waals surface area contributed by atoms with Crippen molar-refractivity contribution in [3.05, 3.63) is 11.4 Å². The van der Waals surface area contributed by atoms with Crippen molar-refractivity contribution in [3.63, 3.8) is 0 Å². The minimum atomic E-state index is -0.238. The number of carbonyl (C=O) groups excluding carboxylic acids is 1.